The number of carboxylic acid groups (broad SMARTS) is 1. The van der Waals surface area contributed by atoms with Gasteiger partial charge in [0.25, 0.3) is 5.91 Å². The van der Waals surface area contributed by atoms with Crippen molar-refractivity contribution in [1.82, 2.24) is 41.6 Å². The van der Waals surface area contributed by atoms with Crippen LogP contribution in [-0.2, 0) is 43.4 Å². The molecule has 0 unspecified atom stereocenters. The minimum atomic E-state index is -1.30. The van der Waals surface area contributed by atoms with Gasteiger partial charge >= 0.3 is 5.97 Å². The highest BCUT2D eigenvalue weighted by Gasteiger charge is 2.43. The third kappa shape index (κ3) is 7.85. The highest BCUT2D eigenvalue weighted by molar-refractivity contribution is 6.06. The van der Waals surface area contributed by atoms with Gasteiger partial charge in [0.05, 0.1) is 13.0 Å². The lowest BCUT2D eigenvalue weighted by Gasteiger charge is -2.30. The van der Waals surface area contributed by atoms with Crippen LogP contribution in [0.2, 0.25) is 0 Å². The van der Waals surface area contributed by atoms with Gasteiger partial charge in [-0.15, -0.1) is 10.2 Å². The van der Waals surface area contributed by atoms with Crippen LogP contribution >= 0.6 is 0 Å². The van der Waals surface area contributed by atoms with Gasteiger partial charge in [0.1, 0.15) is 23.9 Å². The van der Waals surface area contributed by atoms with Crippen molar-refractivity contribution in [2.75, 3.05) is 4.90 Å². The molecule has 0 spiro atoms. The number of fused-ring (bicyclic) bond motifs is 1. The van der Waals surface area contributed by atoms with E-state index >= 15 is 0 Å². The number of aliphatic carboxylic acids is 1. The van der Waals surface area contributed by atoms with Crippen molar-refractivity contribution in [2.24, 2.45) is 5.92 Å². The maximum absolute atomic E-state index is 14.2. The molecule has 2 aromatic heterocycles. The Labute approximate surface area is 258 Å². The highest BCUT2D eigenvalue weighted by atomic mass is 16.4. The number of carbonyl (C=O) groups is 5. The summed E-state index contributed by atoms with van der Waals surface area (Å²) in [6.07, 6.45) is 4.34. The Hall–Kier alpha value is -5.21. The van der Waals surface area contributed by atoms with E-state index in [-0.39, 0.29) is 49.3 Å². The van der Waals surface area contributed by atoms with Crippen molar-refractivity contribution >= 4 is 35.4 Å². The second-order valence-corrected chi connectivity index (χ2v) is 11.2. The van der Waals surface area contributed by atoms with Crippen LogP contribution in [0.3, 0.4) is 0 Å². The molecule has 1 fully saturated rings. The molecule has 3 heterocycles. The maximum Gasteiger partial charge on any atom is 0.303 e. The lowest BCUT2D eigenvalue weighted by atomic mass is 9.96. The Kier molecular flexibility index (Phi) is 10.1. The summed E-state index contributed by atoms with van der Waals surface area (Å²) in [7, 11) is 0. The largest absolute Gasteiger partial charge is 0.481 e. The summed E-state index contributed by atoms with van der Waals surface area (Å²) in [5, 5.41) is 31.2. The number of carbonyl (C=O) groups excluding carboxylic acids is 4. The minimum Gasteiger partial charge on any atom is -0.481 e. The molecule has 0 bridgehead atoms. The monoisotopic (exact) mass is 617 g/mol. The van der Waals surface area contributed by atoms with Crippen LogP contribution in [0, 0.1) is 5.92 Å². The van der Waals surface area contributed by atoms with E-state index in [2.05, 4.69) is 41.6 Å². The fraction of sp³-hybridized carbons (Fsp3) is 0.433. The van der Waals surface area contributed by atoms with Crippen molar-refractivity contribution in [1.29, 1.82) is 0 Å². The summed E-state index contributed by atoms with van der Waals surface area (Å²) in [4.78, 5) is 71.5. The summed E-state index contributed by atoms with van der Waals surface area (Å²) in [6, 6.07) is 9.34. The fourth-order valence-corrected chi connectivity index (χ4v) is 5.91. The van der Waals surface area contributed by atoms with Gasteiger partial charge in [0.2, 0.25) is 17.7 Å². The molecular weight excluding hydrogens is 582 g/mol. The van der Waals surface area contributed by atoms with Crippen molar-refractivity contribution in [3.05, 3.63) is 65.6 Å². The number of aromatic amines is 1. The first-order valence-corrected chi connectivity index (χ1v) is 14.9. The second kappa shape index (κ2) is 14.5. The zero-order valence-electron chi connectivity index (χ0n) is 24.5. The first kappa shape index (κ1) is 31.2. The Balaban J connectivity index is 1.36. The molecule has 45 heavy (non-hydrogen) atoms. The van der Waals surface area contributed by atoms with Crippen LogP contribution in [-0.4, -0.2) is 78.4 Å². The number of rotatable bonds is 13. The molecule has 5 N–H and O–H groups in total. The van der Waals surface area contributed by atoms with E-state index in [1.807, 2.05) is 30.3 Å². The minimum absolute atomic E-state index is 0.0391. The smallest absolute Gasteiger partial charge is 0.303 e. The predicted molar refractivity (Wildman–Crippen MR) is 158 cm³/mol. The fourth-order valence-electron chi connectivity index (χ4n) is 5.91. The Bertz CT molecular complexity index is 1510. The van der Waals surface area contributed by atoms with Crippen molar-refractivity contribution in [3.8, 4) is 0 Å². The van der Waals surface area contributed by atoms with Crippen LogP contribution in [0.25, 0.3) is 0 Å². The van der Waals surface area contributed by atoms with Gasteiger partial charge in [-0.1, -0.05) is 54.5 Å². The predicted octanol–water partition coefficient (Wildman–Crippen LogP) is 0.436. The van der Waals surface area contributed by atoms with Gasteiger partial charge < -0.3 is 21.1 Å². The number of anilines is 1. The van der Waals surface area contributed by atoms with Crippen LogP contribution in [0.15, 0.2) is 48.7 Å². The Morgan fingerprint density at radius 3 is 2.51 bits per heavy atom. The number of nitrogens with zero attached hydrogens (tertiary/aromatic N) is 5. The van der Waals surface area contributed by atoms with E-state index < -0.39 is 48.2 Å². The average Bonchev–Trinajstić information content (AvgIpc) is 3.82. The van der Waals surface area contributed by atoms with Gasteiger partial charge in [-0.25, -0.2) is 4.98 Å². The number of H-pyrrole nitrogens is 1. The molecule has 3 aromatic rings. The molecule has 0 radical (unpaired) electrons. The highest BCUT2D eigenvalue weighted by Crippen LogP contribution is 2.32. The van der Waals surface area contributed by atoms with Crippen LogP contribution in [0.5, 0.6) is 0 Å². The first-order chi connectivity index (χ1) is 21.8. The zero-order valence-corrected chi connectivity index (χ0v) is 24.5. The quantitative estimate of drug-likeness (QED) is 0.178. The summed E-state index contributed by atoms with van der Waals surface area (Å²) >= 11 is 0. The maximum atomic E-state index is 14.2. The van der Waals surface area contributed by atoms with Gasteiger partial charge in [-0.2, -0.15) is 5.21 Å². The summed E-state index contributed by atoms with van der Waals surface area (Å²) < 4.78 is 0. The van der Waals surface area contributed by atoms with E-state index in [1.165, 1.54) is 11.1 Å². The van der Waals surface area contributed by atoms with Crippen molar-refractivity contribution in [3.63, 3.8) is 0 Å². The topological polar surface area (TPSA) is 212 Å². The van der Waals surface area contributed by atoms with Gasteiger partial charge in [-0.3, -0.25) is 28.9 Å². The van der Waals surface area contributed by atoms with Crippen LogP contribution < -0.4 is 20.9 Å². The van der Waals surface area contributed by atoms with Crippen LogP contribution in [0.1, 0.15) is 55.5 Å². The normalized spacial score (nSPS) is 17.2. The average molecular weight is 618 g/mol. The third-order valence-corrected chi connectivity index (χ3v) is 8.11. The van der Waals surface area contributed by atoms with E-state index in [4.69, 9.17) is 0 Å². The van der Waals surface area contributed by atoms with Gasteiger partial charge in [-0.05, 0) is 42.4 Å². The first-order valence-electron chi connectivity index (χ1n) is 14.9. The van der Waals surface area contributed by atoms with Crippen molar-refractivity contribution < 1.29 is 29.1 Å². The molecule has 0 saturated heterocycles. The molecule has 2 aliphatic rings. The summed E-state index contributed by atoms with van der Waals surface area (Å²) in [6.45, 7) is -0.0391. The molecule has 1 aliphatic heterocycles. The number of hydrogen-bond donors (Lipinski definition) is 5. The Morgan fingerprint density at radius 1 is 1.02 bits per heavy atom. The van der Waals surface area contributed by atoms with Gasteiger partial charge in [0, 0.05) is 19.0 Å². The van der Waals surface area contributed by atoms with Gasteiger partial charge in [0.15, 0.2) is 5.82 Å². The summed E-state index contributed by atoms with van der Waals surface area (Å²) in [5.74, 6) is -2.90. The zero-order chi connectivity index (χ0) is 31.8. The van der Waals surface area contributed by atoms with E-state index in [0.29, 0.717) is 5.56 Å². The number of benzene rings is 1. The third-order valence-electron chi connectivity index (χ3n) is 8.11. The number of pyridine rings is 1. The number of nitrogens with one attached hydrogen (secondary N) is 4. The molecule has 236 valence electrons. The van der Waals surface area contributed by atoms with E-state index in [0.717, 1.165) is 31.2 Å². The number of amides is 4. The molecule has 1 saturated carbocycles. The summed E-state index contributed by atoms with van der Waals surface area (Å²) in [5.41, 5.74) is 1.44. The standard InChI is InChI=1S/C30H35N9O6/c40-24(15-18-7-2-1-3-8-18)34-26(19-9-4-5-10-19)29(44)33-21(12-13-25(41)42)30(45)39-22(16-20-11-6-14-31-27(20)39)28(43)32-17-23-35-37-38-36-23/h1-3,6-8,11,14,19,21-22,26H,4-5,9-10,12-13,15-17H2,(H,32,43)(H,33,44)(H,34,40)(H,41,42)(H,35,36,37,38)/t21-,22-,26-/m0/s1. The molecule has 1 aliphatic carbocycles. The molecule has 1 aromatic carbocycles. The second-order valence-electron chi connectivity index (χ2n) is 11.2. The molecule has 5 rings (SSSR count). The molecular formula is C30H35N9O6. The van der Waals surface area contributed by atoms with Crippen LogP contribution in [0.4, 0.5) is 5.82 Å². The van der Waals surface area contributed by atoms with Crippen molar-refractivity contribution in [2.45, 2.75) is 76.0 Å². The Morgan fingerprint density at radius 2 is 1.80 bits per heavy atom. The molecule has 4 amide bonds. The number of aromatic nitrogens is 5. The molecule has 15 heteroatoms. The van der Waals surface area contributed by atoms with E-state index in [9.17, 15) is 29.1 Å². The SMILES string of the molecule is O=C(O)CC[C@H](NC(=O)[C@@H](NC(=O)Cc1ccccc1)C1CCCC1)C(=O)N1c2ncccc2C[C@H]1C(=O)NCc1nn[nH]n1. The lowest BCUT2D eigenvalue weighted by Crippen LogP contribution is -2.58. The van der Waals surface area contributed by atoms with E-state index in [1.54, 1.807) is 12.1 Å². The number of tetrazole rings is 1. The molecule has 15 nitrogen and oxygen atoms in total. The number of hydrogen-bond acceptors (Lipinski definition) is 9. The molecule has 3 atom stereocenters. The lowest BCUT2D eigenvalue weighted by molar-refractivity contribution is -0.138. The number of carboxylic acids is 1.